The molecular weight excluding hydrogens is 636 g/mol. The van der Waals surface area contributed by atoms with Crippen molar-refractivity contribution in [1.29, 1.82) is 0 Å². The van der Waals surface area contributed by atoms with Gasteiger partial charge in [-0.05, 0) is 86.8 Å². The van der Waals surface area contributed by atoms with E-state index in [1.165, 1.54) is 35.0 Å². The number of carbonyl (C=O) groups is 2. The number of nitrogens with zero attached hydrogens (tertiary/aromatic N) is 4. The van der Waals surface area contributed by atoms with Crippen molar-refractivity contribution >= 4 is 44.9 Å². The molecule has 1 aromatic carbocycles. The minimum atomic E-state index is -3.80. The fraction of sp³-hybridized carbons (Fsp3) is 0.606. The maximum absolute atomic E-state index is 15.9. The maximum Gasteiger partial charge on any atom is 0.276 e. The lowest BCUT2D eigenvalue weighted by atomic mass is 9.77. The van der Waals surface area contributed by atoms with Gasteiger partial charge in [-0.2, -0.15) is 4.31 Å². The quantitative estimate of drug-likeness (QED) is 0.355. The first-order chi connectivity index (χ1) is 21.9. The predicted octanol–water partition coefficient (Wildman–Crippen LogP) is 5.43. The topological polar surface area (TPSA) is 103 Å². The highest BCUT2D eigenvalue weighted by Crippen LogP contribution is 2.46. The van der Waals surface area contributed by atoms with Crippen molar-refractivity contribution in [2.75, 3.05) is 49.1 Å². The van der Waals surface area contributed by atoms with Crippen LogP contribution in [0.25, 0.3) is 0 Å². The number of hydrogen-bond donors (Lipinski definition) is 1. The van der Waals surface area contributed by atoms with Gasteiger partial charge in [0.1, 0.15) is 11.0 Å². The van der Waals surface area contributed by atoms with E-state index in [9.17, 15) is 18.0 Å². The van der Waals surface area contributed by atoms with E-state index < -0.39 is 21.9 Å². The zero-order valence-corrected chi connectivity index (χ0v) is 27.7. The van der Waals surface area contributed by atoms with Gasteiger partial charge in [-0.15, -0.1) is 0 Å². The highest BCUT2D eigenvalue weighted by Gasteiger charge is 2.44. The number of pyridine rings is 1. The normalized spacial score (nSPS) is 25.0. The van der Waals surface area contributed by atoms with Gasteiger partial charge in [0.05, 0.1) is 4.90 Å². The van der Waals surface area contributed by atoms with Crippen LogP contribution in [0.3, 0.4) is 0 Å². The van der Waals surface area contributed by atoms with Gasteiger partial charge in [-0.3, -0.25) is 9.59 Å². The number of piperazine rings is 1. The molecule has 1 N–H and O–H groups in total. The fourth-order valence-electron chi connectivity index (χ4n) is 7.12. The molecule has 6 rings (SSSR count). The van der Waals surface area contributed by atoms with E-state index in [2.05, 4.69) is 10.3 Å². The largest absolute Gasteiger partial charge is 0.356 e. The highest BCUT2D eigenvalue weighted by molar-refractivity contribution is 7.89. The van der Waals surface area contributed by atoms with Crippen molar-refractivity contribution in [3.8, 4) is 0 Å². The van der Waals surface area contributed by atoms with Crippen LogP contribution in [0.1, 0.15) is 63.9 Å². The monoisotopic (exact) mass is 677 g/mol. The minimum absolute atomic E-state index is 0.0192. The van der Waals surface area contributed by atoms with Crippen molar-refractivity contribution in [2.45, 2.75) is 69.1 Å². The molecule has 0 radical (unpaired) electrons. The number of hydrogen-bond acceptors (Lipinski definition) is 6. The SMILES string of the molecule is C[C@@H]1CC(=O)N(c2ccc(S(=O)(=O)N3CCN(c4cc(C(F)(F)[C@H]5CC[C@H](C(=O)NCC6CCC6)CC5)cc(Cl)n4)CC3)cc2)C1. The number of rotatable bonds is 9. The van der Waals surface area contributed by atoms with Crippen LogP contribution in [-0.2, 0) is 25.5 Å². The number of nitrogens with one attached hydrogen (secondary N) is 1. The van der Waals surface area contributed by atoms with Crippen LogP contribution in [0.2, 0.25) is 5.15 Å². The number of carbonyl (C=O) groups excluding carboxylic acids is 2. The van der Waals surface area contributed by atoms with Gasteiger partial charge in [0.25, 0.3) is 5.92 Å². The molecule has 0 bridgehead atoms. The molecule has 0 spiro atoms. The molecule has 1 atom stereocenters. The lowest BCUT2D eigenvalue weighted by Crippen LogP contribution is -2.49. The Balaban J connectivity index is 1.06. The summed E-state index contributed by atoms with van der Waals surface area (Å²) in [5, 5.41) is 2.97. The Morgan fingerprint density at radius 3 is 2.28 bits per heavy atom. The first kappa shape index (κ1) is 33.1. The summed E-state index contributed by atoms with van der Waals surface area (Å²) < 4.78 is 59.9. The smallest absolute Gasteiger partial charge is 0.276 e. The third-order valence-corrected chi connectivity index (χ3v) is 12.3. The number of halogens is 3. The number of anilines is 2. The zero-order chi connectivity index (χ0) is 32.6. The van der Waals surface area contributed by atoms with Crippen LogP contribution >= 0.6 is 11.6 Å². The summed E-state index contributed by atoms with van der Waals surface area (Å²) in [5.41, 5.74) is 0.469. The van der Waals surface area contributed by atoms with E-state index in [0.29, 0.717) is 44.0 Å². The molecule has 13 heteroatoms. The second-order valence-corrected chi connectivity index (χ2v) is 15.8. The van der Waals surface area contributed by atoms with E-state index in [-0.39, 0.29) is 84.1 Å². The summed E-state index contributed by atoms with van der Waals surface area (Å²) in [6.45, 7) is 4.12. The summed E-state index contributed by atoms with van der Waals surface area (Å²) in [6, 6.07) is 8.95. The number of sulfonamides is 1. The van der Waals surface area contributed by atoms with Crippen molar-refractivity contribution in [1.82, 2.24) is 14.6 Å². The molecule has 250 valence electrons. The fourth-order valence-corrected chi connectivity index (χ4v) is 8.74. The standard InChI is InChI=1S/C33H42ClF2N5O4S/c1-22-17-31(42)41(21-22)27-9-11-28(12-10-27)46(44,45)40-15-13-39(14-16-40)30-19-26(18-29(34)38-30)33(35,36)25-7-5-24(6-8-25)32(43)37-20-23-3-2-4-23/h9-12,18-19,22-25H,2-8,13-17,20-21H2,1H3,(H,37,43)/t22-,24-,25-/m1/s1. The first-order valence-electron chi connectivity index (χ1n) is 16.4. The van der Waals surface area contributed by atoms with Crippen molar-refractivity contribution < 1.29 is 26.8 Å². The molecule has 4 aliphatic rings. The summed E-state index contributed by atoms with van der Waals surface area (Å²) in [7, 11) is -3.80. The second kappa shape index (κ2) is 13.4. The van der Waals surface area contributed by atoms with Gasteiger partial charge in [-0.25, -0.2) is 22.2 Å². The Labute approximate surface area is 274 Å². The Hall–Kier alpha value is -2.83. The molecule has 0 unspecified atom stereocenters. The van der Waals surface area contributed by atoms with Crippen molar-refractivity contribution in [3.63, 3.8) is 0 Å². The van der Waals surface area contributed by atoms with Gasteiger partial charge in [0, 0.05) is 68.8 Å². The van der Waals surface area contributed by atoms with Crippen LogP contribution in [0.4, 0.5) is 20.3 Å². The maximum atomic E-state index is 15.9. The van der Waals surface area contributed by atoms with E-state index in [4.69, 9.17) is 11.6 Å². The molecule has 2 amide bonds. The molecule has 2 aliphatic heterocycles. The molecule has 4 fully saturated rings. The number of benzene rings is 1. The van der Waals surface area contributed by atoms with Crippen LogP contribution in [0.15, 0.2) is 41.3 Å². The number of aromatic nitrogens is 1. The Morgan fingerprint density at radius 1 is 1.02 bits per heavy atom. The minimum Gasteiger partial charge on any atom is -0.356 e. The molecule has 1 aromatic heterocycles. The molecule has 2 saturated carbocycles. The van der Waals surface area contributed by atoms with Gasteiger partial charge in [-0.1, -0.05) is 24.9 Å². The average molecular weight is 678 g/mol. The first-order valence-corrected chi connectivity index (χ1v) is 18.2. The molecule has 46 heavy (non-hydrogen) atoms. The number of alkyl halides is 2. The molecular formula is C33H42ClF2N5O4S. The second-order valence-electron chi connectivity index (χ2n) is 13.4. The van der Waals surface area contributed by atoms with Crippen molar-refractivity contribution in [3.05, 3.63) is 47.1 Å². The summed E-state index contributed by atoms with van der Waals surface area (Å²) in [6.07, 6.45) is 5.31. The molecule has 2 saturated heterocycles. The van der Waals surface area contributed by atoms with E-state index in [0.717, 1.165) is 12.8 Å². The van der Waals surface area contributed by atoms with Gasteiger partial charge < -0.3 is 15.1 Å². The predicted molar refractivity (Wildman–Crippen MR) is 172 cm³/mol. The third kappa shape index (κ3) is 6.89. The molecule has 3 heterocycles. The van der Waals surface area contributed by atoms with Gasteiger partial charge in [0.2, 0.25) is 21.8 Å². The average Bonchev–Trinajstić information content (AvgIpc) is 3.37. The van der Waals surface area contributed by atoms with Crippen LogP contribution in [0, 0.1) is 23.7 Å². The van der Waals surface area contributed by atoms with Crippen molar-refractivity contribution in [2.24, 2.45) is 23.7 Å². The highest BCUT2D eigenvalue weighted by atomic mass is 35.5. The van der Waals surface area contributed by atoms with Gasteiger partial charge >= 0.3 is 0 Å². The lowest BCUT2D eigenvalue weighted by molar-refractivity contribution is -0.129. The van der Waals surface area contributed by atoms with Gasteiger partial charge in [0.15, 0.2) is 0 Å². The van der Waals surface area contributed by atoms with Crippen LogP contribution < -0.4 is 15.1 Å². The lowest BCUT2D eigenvalue weighted by Gasteiger charge is -2.36. The summed E-state index contributed by atoms with van der Waals surface area (Å²) >= 11 is 6.26. The summed E-state index contributed by atoms with van der Waals surface area (Å²) in [5.74, 6) is -3.18. The Kier molecular flexibility index (Phi) is 9.60. The van der Waals surface area contributed by atoms with Crippen LogP contribution in [-0.4, -0.2) is 68.8 Å². The number of amides is 2. The molecule has 2 aromatic rings. The van der Waals surface area contributed by atoms with Crippen LogP contribution in [0.5, 0.6) is 0 Å². The third-order valence-electron chi connectivity index (χ3n) is 10.2. The van der Waals surface area contributed by atoms with E-state index >= 15 is 8.78 Å². The Morgan fingerprint density at radius 2 is 1.70 bits per heavy atom. The Bertz CT molecular complexity index is 1540. The molecule has 9 nitrogen and oxygen atoms in total. The summed E-state index contributed by atoms with van der Waals surface area (Å²) in [4.78, 5) is 32.7. The zero-order valence-electron chi connectivity index (χ0n) is 26.1. The van der Waals surface area contributed by atoms with E-state index in [1.807, 2.05) is 6.92 Å². The van der Waals surface area contributed by atoms with E-state index in [1.54, 1.807) is 21.9 Å². The molecule has 2 aliphatic carbocycles.